The summed E-state index contributed by atoms with van der Waals surface area (Å²) < 4.78 is 0. The zero-order valence-electron chi connectivity index (χ0n) is 8.11. The van der Waals surface area contributed by atoms with Gasteiger partial charge in [-0.1, -0.05) is 0 Å². The molecule has 0 saturated carbocycles. The normalized spacial score (nSPS) is 6.00. The number of hydrogen-bond donors (Lipinski definition) is 4. The van der Waals surface area contributed by atoms with Crippen LogP contribution in [0.2, 0.25) is 0 Å². The minimum Gasteiger partial charge on any atom is -1.00 e. The second-order valence-electron chi connectivity index (χ2n) is 0.600. The molecule has 0 aromatic rings. The van der Waals surface area contributed by atoms with Gasteiger partial charge in [-0.3, -0.25) is 4.70 Å². The van der Waals surface area contributed by atoms with E-state index in [-0.39, 0.29) is 111 Å². The van der Waals surface area contributed by atoms with Crippen molar-refractivity contribution in [3.63, 3.8) is 0 Å². The summed E-state index contributed by atoms with van der Waals surface area (Å²) in [5, 5.41) is 0. The topological polar surface area (TPSA) is 80.9 Å². The van der Waals surface area contributed by atoms with Crippen LogP contribution in [0.3, 0.4) is 0 Å². The van der Waals surface area contributed by atoms with Crippen molar-refractivity contribution in [2.24, 2.45) is 0 Å². The van der Waals surface area contributed by atoms with Gasteiger partial charge >= 0.3 is 84.1 Å². The van der Waals surface area contributed by atoms with Gasteiger partial charge in [0.2, 0.25) is 0 Å². The third-order valence-corrected chi connectivity index (χ3v) is 0. The molecule has 0 aliphatic carbocycles. The molecular formula is H14AlFNaO4PSiSr. The average molecular weight is 294 g/mol. The first kappa shape index (κ1) is 37.6. The number of halogens is 1. The van der Waals surface area contributed by atoms with Crippen molar-refractivity contribution < 1.29 is 57.7 Å². The quantitative estimate of drug-likeness (QED) is 0.264. The average Bonchev–Trinajstić information content (AvgIpc) is 0.722. The van der Waals surface area contributed by atoms with Gasteiger partial charge in [0, 0.05) is 0 Å². The minimum atomic E-state index is -4.61. The van der Waals surface area contributed by atoms with Crippen molar-refractivity contribution in [3.05, 3.63) is 0 Å². The predicted octanol–water partition coefficient (Wildman–Crippen LogP) is -6.62. The van der Waals surface area contributed by atoms with E-state index >= 15 is 0 Å². The van der Waals surface area contributed by atoms with Crippen LogP contribution in [0.5, 0.6) is 0 Å². The van der Waals surface area contributed by atoms with Crippen LogP contribution in [0.4, 0.5) is 4.70 Å². The Morgan fingerprint density at radius 2 is 1.00 bits per heavy atom. The first-order valence-electron chi connectivity index (χ1n) is 0.894. The third-order valence-electron chi connectivity index (χ3n) is 0. The van der Waals surface area contributed by atoms with Crippen LogP contribution in [0.25, 0.3) is 0 Å². The Labute approximate surface area is 137 Å². The molecule has 4 nitrogen and oxygen atoms in total. The van der Waals surface area contributed by atoms with Crippen molar-refractivity contribution in [1.82, 2.24) is 0 Å². The summed E-state index contributed by atoms with van der Waals surface area (Å²) in [6, 6.07) is 0. The van der Waals surface area contributed by atoms with E-state index in [0.29, 0.717) is 0 Å². The largest absolute Gasteiger partial charge is 2.00 e. The standard InChI is InChI=1S/Al.FH.Na.H4O4Si.H3P.Sr.6H/c;;;1-5(2,3)4;;;;;;;;/h;1H;;1-4H;1H3;;;;;;;/q;;+1;;;+2;;;;3*-1. The third kappa shape index (κ3) is 106. The molecular weight excluding hydrogens is 280 g/mol. The van der Waals surface area contributed by atoms with Crippen LogP contribution in [-0.4, -0.2) is 91.1 Å². The number of hydrogen-bond acceptors (Lipinski definition) is 4. The molecule has 0 radical (unpaired) electrons. The molecule has 1 atom stereocenters. The van der Waals surface area contributed by atoms with E-state index in [1.807, 2.05) is 0 Å². The Balaban J connectivity index is -0.00000000286. The molecule has 0 bridgehead atoms. The zero-order chi connectivity index (χ0) is 4.50. The fourth-order valence-electron chi connectivity index (χ4n) is 0. The summed E-state index contributed by atoms with van der Waals surface area (Å²) in [6.45, 7) is 0. The van der Waals surface area contributed by atoms with Gasteiger partial charge < -0.3 is 23.5 Å². The summed E-state index contributed by atoms with van der Waals surface area (Å²) in [6.07, 6.45) is 0. The van der Waals surface area contributed by atoms with Gasteiger partial charge in [-0.15, -0.1) is 0 Å². The summed E-state index contributed by atoms with van der Waals surface area (Å²) >= 11 is 0. The Morgan fingerprint density at radius 3 is 1.00 bits per heavy atom. The van der Waals surface area contributed by atoms with E-state index in [1.54, 1.807) is 0 Å². The fourth-order valence-corrected chi connectivity index (χ4v) is 0. The van der Waals surface area contributed by atoms with Crippen molar-refractivity contribution in [2.45, 2.75) is 0 Å². The van der Waals surface area contributed by atoms with E-state index < -0.39 is 9.05 Å². The molecule has 10 heavy (non-hydrogen) atoms. The maximum absolute atomic E-state index is 7.33. The second-order valence-corrected chi connectivity index (χ2v) is 1.80. The van der Waals surface area contributed by atoms with Gasteiger partial charge in [-0.05, 0) is 0 Å². The van der Waals surface area contributed by atoms with Gasteiger partial charge in [0.15, 0.2) is 17.4 Å². The molecule has 0 amide bonds. The van der Waals surface area contributed by atoms with E-state index in [4.69, 9.17) is 19.2 Å². The van der Waals surface area contributed by atoms with Crippen LogP contribution in [0, 0.1) is 0 Å². The van der Waals surface area contributed by atoms with Gasteiger partial charge in [0.05, 0.1) is 0 Å². The summed E-state index contributed by atoms with van der Waals surface area (Å²) in [4.78, 5) is 29.3. The summed E-state index contributed by atoms with van der Waals surface area (Å²) in [7, 11) is -4.61. The molecule has 1 unspecified atom stereocenters. The fraction of sp³-hybridized carbons (Fsp3) is 0. The molecule has 4 N–H and O–H groups in total. The van der Waals surface area contributed by atoms with Crippen LogP contribution >= 0.6 is 9.90 Å². The monoisotopic (exact) mass is 294 g/mol. The molecule has 0 heterocycles. The van der Waals surface area contributed by atoms with Gasteiger partial charge in [-0.25, -0.2) is 0 Å². The predicted molar refractivity (Wildman–Crippen MR) is 47.3 cm³/mol. The molecule has 0 aliphatic rings. The Kier molecular flexibility index (Phi) is 68.6. The van der Waals surface area contributed by atoms with Crippen LogP contribution < -0.4 is 29.6 Å². The molecule has 0 saturated heterocycles. The van der Waals surface area contributed by atoms with Crippen LogP contribution in [0.15, 0.2) is 0 Å². The molecule has 10 heteroatoms. The van der Waals surface area contributed by atoms with Gasteiger partial charge in [0.25, 0.3) is 0 Å². The Morgan fingerprint density at radius 1 is 1.00 bits per heavy atom. The van der Waals surface area contributed by atoms with Crippen LogP contribution in [0.1, 0.15) is 4.28 Å². The first-order chi connectivity index (χ1) is 2.00. The second kappa shape index (κ2) is 18.3. The zero-order valence-corrected chi connectivity index (χ0v) is 13.0. The Bertz CT molecular complexity index is 50.9. The van der Waals surface area contributed by atoms with Crippen LogP contribution in [-0.2, 0) is 0 Å². The van der Waals surface area contributed by atoms with Crippen molar-refractivity contribution in [3.8, 4) is 0 Å². The smallest absolute Gasteiger partial charge is 1.00 e. The van der Waals surface area contributed by atoms with Gasteiger partial charge in [-0.2, -0.15) is 9.90 Å². The Hall–Kier alpha value is 3.43. The number of rotatable bonds is 0. The molecule has 0 spiro atoms. The maximum Gasteiger partial charge on any atom is 2.00 e. The van der Waals surface area contributed by atoms with Crippen molar-refractivity contribution in [2.75, 3.05) is 0 Å². The molecule has 0 aromatic carbocycles. The van der Waals surface area contributed by atoms with E-state index in [9.17, 15) is 0 Å². The molecule has 0 rings (SSSR count). The first-order valence-corrected chi connectivity index (χ1v) is 2.68. The van der Waals surface area contributed by atoms with Gasteiger partial charge in [0.1, 0.15) is 0 Å². The summed E-state index contributed by atoms with van der Waals surface area (Å²) in [5.41, 5.74) is 0. The van der Waals surface area contributed by atoms with E-state index in [1.165, 1.54) is 0 Å². The van der Waals surface area contributed by atoms with Crippen molar-refractivity contribution >= 4 is 81.8 Å². The molecule has 60 valence electrons. The maximum atomic E-state index is 7.33. The summed E-state index contributed by atoms with van der Waals surface area (Å²) in [5.74, 6) is 0. The molecule has 0 aromatic heterocycles. The molecule has 0 aliphatic heterocycles. The molecule has 0 fully saturated rings. The van der Waals surface area contributed by atoms with E-state index in [0.717, 1.165) is 0 Å². The van der Waals surface area contributed by atoms with E-state index in [2.05, 4.69) is 0 Å². The minimum absolute atomic E-state index is 0. The SMILES string of the molecule is F.O[Si](O)(O)O.P.[AlH3].[H-].[H-].[H-].[Na+].[Sr+2]. The van der Waals surface area contributed by atoms with Crippen molar-refractivity contribution in [1.29, 1.82) is 0 Å².